The Balaban J connectivity index is 2.36. The Morgan fingerprint density at radius 1 is 1.70 bits per heavy atom. The van der Waals surface area contributed by atoms with Gasteiger partial charge in [0.2, 0.25) is 0 Å². The smallest absolute Gasteiger partial charge is 0.0485 e. The average molecular weight is 140 g/mol. The lowest BCUT2D eigenvalue weighted by Crippen LogP contribution is -2.37. The highest BCUT2D eigenvalue weighted by atomic mass is 16.3. The normalized spacial score (nSPS) is 38.9. The van der Waals surface area contributed by atoms with Gasteiger partial charge >= 0.3 is 0 Å². The SMILES string of the molecule is C=C(C)C1CC(C)(CO)C1. The molecule has 0 amide bonds. The van der Waals surface area contributed by atoms with E-state index in [2.05, 4.69) is 20.4 Å². The molecule has 1 aliphatic rings. The van der Waals surface area contributed by atoms with Crippen molar-refractivity contribution in [2.45, 2.75) is 26.7 Å². The van der Waals surface area contributed by atoms with Gasteiger partial charge in [-0.2, -0.15) is 0 Å². The summed E-state index contributed by atoms with van der Waals surface area (Å²) in [7, 11) is 0. The number of rotatable bonds is 2. The van der Waals surface area contributed by atoms with Crippen molar-refractivity contribution in [3.05, 3.63) is 12.2 Å². The van der Waals surface area contributed by atoms with Crippen molar-refractivity contribution in [1.29, 1.82) is 0 Å². The molecule has 0 aromatic carbocycles. The van der Waals surface area contributed by atoms with Crippen LogP contribution in [0.25, 0.3) is 0 Å². The molecule has 1 fully saturated rings. The molecule has 0 atom stereocenters. The van der Waals surface area contributed by atoms with E-state index in [1.807, 2.05) is 0 Å². The van der Waals surface area contributed by atoms with Crippen LogP contribution in [0.15, 0.2) is 12.2 Å². The molecule has 0 aliphatic heterocycles. The summed E-state index contributed by atoms with van der Waals surface area (Å²) in [5.74, 6) is 0.678. The van der Waals surface area contributed by atoms with Crippen molar-refractivity contribution in [3.63, 3.8) is 0 Å². The molecule has 58 valence electrons. The molecule has 1 heteroatoms. The first-order valence-electron chi connectivity index (χ1n) is 3.84. The Morgan fingerprint density at radius 2 is 2.20 bits per heavy atom. The van der Waals surface area contributed by atoms with Crippen molar-refractivity contribution in [3.8, 4) is 0 Å². The van der Waals surface area contributed by atoms with E-state index >= 15 is 0 Å². The van der Waals surface area contributed by atoms with Crippen LogP contribution in [0.4, 0.5) is 0 Å². The Labute approximate surface area is 62.8 Å². The van der Waals surface area contributed by atoms with Gasteiger partial charge in [0.05, 0.1) is 0 Å². The second kappa shape index (κ2) is 2.39. The maximum Gasteiger partial charge on any atom is 0.0485 e. The van der Waals surface area contributed by atoms with Crippen LogP contribution in [-0.2, 0) is 0 Å². The Bertz CT molecular complexity index is 143. The minimum Gasteiger partial charge on any atom is -0.396 e. The van der Waals surface area contributed by atoms with Crippen molar-refractivity contribution in [2.24, 2.45) is 11.3 Å². The molecule has 0 aromatic rings. The van der Waals surface area contributed by atoms with Crippen molar-refractivity contribution < 1.29 is 5.11 Å². The van der Waals surface area contributed by atoms with Crippen molar-refractivity contribution in [1.82, 2.24) is 0 Å². The summed E-state index contributed by atoms with van der Waals surface area (Å²) in [5, 5.41) is 8.92. The standard InChI is InChI=1S/C9H16O/c1-7(2)8-4-9(3,5-8)6-10/h8,10H,1,4-6H2,2-3H3. The second-order valence-electron chi connectivity index (χ2n) is 3.92. The van der Waals surface area contributed by atoms with Gasteiger partial charge in [-0.1, -0.05) is 19.1 Å². The van der Waals surface area contributed by atoms with Gasteiger partial charge in [-0.3, -0.25) is 0 Å². The van der Waals surface area contributed by atoms with Gasteiger partial charge in [-0.25, -0.2) is 0 Å². The average Bonchev–Trinajstić information content (AvgIpc) is 1.80. The third kappa shape index (κ3) is 1.24. The molecule has 1 nitrogen and oxygen atoms in total. The lowest BCUT2D eigenvalue weighted by molar-refractivity contribution is 0.0271. The molecular weight excluding hydrogens is 124 g/mol. The fourth-order valence-electron chi connectivity index (χ4n) is 1.61. The van der Waals surface area contributed by atoms with Crippen molar-refractivity contribution in [2.75, 3.05) is 6.61 Å². The Kier molecular flexibility index (Phi) is 1.86. The quantitative estimate of drug-likeness (QED) is 0.581. The van der Waals surface area contributed by atoms with Gasteiger partial charge in [0.1, 0.15) is 0 Å². The van der Waals surface area contributed by atoms with E-state index in [9.17, 15) is 0 Å². The maximum atomic E-state index is 8.92. The summed E-state index contributed by atoms with van der Waals surface area (Å²) in [6, 6.07) is 0. The highest BCUT2D eigenvalue weighted by molar-refractivity contribution is 5.06. The van der Waals surface area contributed by atoms with E-state index in [0.717, 1.165) is 12.8 Å². The second-order valence-corrected chi connectivity index (χ2v) is 3.92. The summed E-state index contributed by atoms with van der Waals surface area (Å²) >= 11 is 0. The van der Waals surface area contributed by atoms with Crippen LogP contribution in [0.2, 0.25) is 0 Å². The first-order valence-corrected chi connectivity index (χ1v) is 3.84. The number of aliphatic hydroxyl groups excluding tert-OH is 1. The molecule has 1 saturated carbocycles. The number of allylic oxidation sites excluding steroid dienone is 1. The highest BCUT2D eigenvalue weighted by Crippen LogP contribution is 2.47. The largest absolute Gasteiger partial charge is 0.396 e. The van der Waals surface area contributed by atoms with Gasteiger partial charge < -0.3 is 5.11 Å². The maximum absolute atomic E-state index is 8.92. The molecule has 1 N–H and O–H groups in total. The molecule has 0 heterocycles. The highest BCUT2D eigenvalue weighted by Gasteiger charge is 2.39. The molecule has 0 unspecified atom stereocenters. The number of hydrogen-bond donors (Lipinski definition) is 1. The van der Waals surface area contributed by atoms with Crippen LogP contribution < -0.4 is 0 Å². The Morgan fingerprint density at radius 3 is 2.50 bits per heavy atom. The minimum atomic E-state index is 0.212. The van der Waals surface area contributed by atoms with Gasteiger partial charge in [0.15, 0.2) is 0 Å². The number of aliphatic hydroxyl groups is 1. The van der Waals surface area contributed by atoms with Crippen LogP contribution in [-0.4, -0.2) is 11.7 Å². The van der Waals surface area contributed by atoms with Gasteiger partial charge in [0.25, 0.3) is 0 Å². The summed E-state index contributed by atoms with van der Waals surface area (Å²) in [6.45, 7) is 8.43. The fourth-order valence-corrected chi connectivity index (χ4v) is 1.61. The number of hydrogen-bond acceptors (Lipinski definition) is 1. The summed E-state index contributed by atoms with van der Waals surface area (Å²) in [6.07, 6.45) is 2.25. The van der Waals surface area contributed by atoms with Gasteiger partial charge in [0, 0.05) is 6.61 Å². The first-order chi connectivity index (χ1) is 4.57. The van der Waals surface area contributed by atoms with E-state index < -0.39 is 0 Å². The van der Waals surface area contributed by atoms with E-state index in [1.54, 1.807) is 0 Å². The van der Waals surface area contributed by atoms with Gasteiger partial charge in [-0.05, 0) is 31.1 Å². The van der Waals surface area contributed by atoms with Crippen LogP contribution in [0.1, 0.15) is 26.7 Å². The zero-order chi connectivity index (χ0) is 7.78. The zero-order valence-corrected chi connectivity index (χ0v) is 6.85. The minimum absolute atomic E-state index is 0.212. The Hall–Kier alpha value is -0.300. The van der Waals surface area contributed by atoms with Crippen LogP contribution >= 0.6 is 0 Å². The molecule has 0 saturated heterocycles. The third-order valence-electron chi connectivity index (χ3n) is 2.56. The predicted octanol–water partition coefficient (Wildman–Crippen LogP) is 1.97. The predicted molar refractivity (Wildman–Crippen MR) is 42.7 cm³/mol. The molecule has 1 aliphatic carbocycles. The molecule has 1 rings (SSSR count). The molecule has 0 radical (unpaired) electrons. The summed E-state index contributed by atoms with van der Waals surface area (Å²) < 4.78 is 0. The molecule has 0 aromatic heterocycles. The van der Waals surface area contributed by atoms with Crippen LogP contribution in [0, 0.1) is 11.3 Å². The lowest BCUT2D eigenvalue weighted by atomic mass is 9.62. The van der Waals surface area contributed by atoms with Crippen molar-refractivity contribution >= 4 is 0 Å². The molecule has 10 heavy (non-hydrogen) atoms. The molecule has 0 bridgehead atoms. The lowest BCUT2D eigenvalue weighted by Gasteiger charge is -2.44. The zero-order valence-electron chi connectivity index (χ0n) is 6.85. The van der Waals surface area contributed by atoms with E-state index in [1.165, 1.54) is 5.57 Å². The summed E-state index contributed by atoms with van der Waals surface area (Å²) in [4.78, 5) is 0. The molecular formula is C9H16O. The summed E-state index contributed by atoms with van der Waals surface area (Å²) in [5.41, 5.74) is 1.48. The molecule has 0 spiro atoms. The topological polar surface area (TPSA) is 20.2 Å². The van der Waals surface area contributed by atoms with Crippen LogP contribution in [0.5, 0.6) is 0 Å². The van der Waals surface area contributed by atoms with Crippen LogP contribution in [0.3, 0.4) is 0 Å². The van der Waals surface area contributed by atoms with E-state index in [-0.39, 0.29) is 5.41 Å². The van der Waals surface area contributed by atoms with Gasteiger partial charge in [-0.15, -0.1) is 0 Å². The fraction of sp³-hybridized carbons (Fsp3) is 0.778. The third-order valence-corrected chi connectivity index (χ3v) is 2.56. The van der Waals surface area contributed by atoms with E-state index in [4.69, 9.17) is 5.11 Å². The van der Waals surface area contributed by atoms with E-state index in [0.29, 0.717) is 12.5 Å². The monoisotopic (exact) mass is 140 g/mol. The first kappa shape index (κ1) is 7.80.